The van der Waals surface area contributed by atoms with Crippen LogP contribution in [0.15, 0.2) is 42.5 Å². The molecule has 1 heterocycles. The third kappa shape index (κ3) is 3.86. The molecule has 1 aliphatic rings. The lowest BCUT2D eigenvalue weighted by molar-refractivity contribution is -0.138. The van der Waals surface area contributed by atoms with Gasteiger partial charge in [0.15, 0.2) is 0 Å². The van der Waals surface area contributed by atoms with Gasteiger partial charge in [0.1, 0.15) is 18.4 Å². The molecule has 1 saturated heterocycles. The zero-order valence-corrected chi connectivity index (χ0v) is 14.7. The average Bonchev–Trinajstić information content (AvgIpc) is 3.05. The van der Waals surface area contributed by atoms with Crippen LogP contribution in [0.5, 0.6) is 5.75 Å². The third-order valence-electron chi connectivity index (χ3n) is 3.98. The fourth-order valence-corrected chi connectivity index (χ4v) is 4.01. The predicted octanol–water partition coefficient (Wildman–Crippen LogP) is 4.02. The fraction of sp³-hybridized carbons (Fsp3) is 0.278. The largest absolute Gasteiger partial charge is 0.489 e. The fourth-order valence-electron chi connectivity index (χ4n) is 2.58. The highest BCUT2D eigenvalue weighted by Crippen LogP contribution is 2.39. The SMILES string of the molecule is Cc1ccccc1COc1ccc(Cl)cc1C1NC(C(=O)O)CS1. The van der Waals surface area contributed by atoms with Crippen LogP contribution in [0.25, 0.3) is 0 Å². The van der Waals surface area contributed by atoms with Gasteiger partial charge in [-0.3, -0.25) is 10.1 Å². The highest BCUT2D eigenvalue weighted by molar-refractivity contribution is 7.99. The van der Waals surface area contributed by atoms with Crippen molar-refractivity contribution in [3.63, 3.8) is 0 Å². The number of halogens is 1. The molecule has 6 heteroatoms. The number of rotatable bonds is 5. The number of benzene rings is 2. The molecule has 2 N–H and O–H groups in total. The lowest BCUT2D eigenvalue weighted by Crippen LogP contribution is -2.33. The van der Waals surface area contributed by atoms with Crippen molar-refractivity contribution in [1.82, 2.24) is 5.32 Å². The Morgan fingerprint density at radius 2 is 2.17 bits per heavy atom. The Balaban J connectivity index is 1.79. The van der Waals surface area contributed by atoms with Crippen LogP contribution in [0.3, 0.4) is 0 Å². The molecule has 0 radical (unpaired) electrons. The van der Waals surface area contributed by atoms with Gasteiger partial charge in [0.25, 0.3) is 0 Å². The molecule has 2 aromatic rings. The predicted molar refractivity (Wildman–Crippen MR) is 96.7 cm³/mol. The van der Waals surface area contributed by atoms with Crippen LogP contribution in [-0.2, 0) is 11.4 Å². The van der Waals surface area contributed by atoms with E-state index in [1.807, 2.05) is 43.3 Å². The summed E-state index contributed by atoms with van der Waals surface area (Å²) in [6.07, 6.45) is 0. The molecule has 24 heavy (non-hydrogen) atoms. The van der Waals surface area contributed by atoms with Crippen LogP contribution < -0.4 is 10.1 Å². The van der Waals surface area contributed by atoms with Crippen LogP contribution in [-0.4, -0.2) is 22.9 Å². The molecule has 1 fully saturated rings. The minimum Gasteiger partial charge on any atom is -0.489 e. The van der Waals surface area contributed by atoms with Gasteiger partial charge in [-0.05, 0) is 36.2 Å². The molecule has 126 valence electrons. The number of carboxylic acids is 1. The van der Waals surface area contributed by atoms with Gasteiger partial charge >= 0.3 is 5.97 Å². The van der Waals surface area contributed by atoms with Gasteiger partial charge in [0, 0.05) is 16.3 Å². The quantitative estimate of drug-likeness (QED) is 0.840. The minimum atomic E-state index is -0.839. The second-order valence-corrected chi connectivity index (χ2v) is 7.24. The molecule has 0 aliphatic carbocycles. The van der Waals surface area contributed by atoms with Gasteiger partial charge < -0.3 is 9.84 Å². The Hall–Kier alpha value is -1.69. The summed E-state index contributed by atoms with van der Waals surface area (Å²) < 4.78 is 6.01. The number of aliphatic carboxylic acids is 1. The lowest BCUT2D eigenvalue weighted by Gasteiger charge is -2.17. The van der Waals surface area contributed by atoms with E-state index >= 15 is 0 Å². The Labute approximate surface area is 150 Å². The molecular weight excluding hydrogens is 346 g/mol. The van der Waals surface area contributed by atoms with E-state index < -0.39 is 12.0 Å². The van der Waals surface area contributed by atoms with Gasteiger partial charge in [-0.1, -0.05) is 35.9 Å². The van der Waals surface area contributed by atoms with Gasteiger partial charge in [-0.15, -0.1) is 11.8 Å². The normalized spacial score (nSPS) is 20.1. The van der Waals surface area contributed by atoms with Crippen molar-refractivity contribution in [2.24, 2.45) is 0 Å². The first-order valence-corrected chi connectivity index (χ1v) is 9.04. The average molecular weight is 364 g/mol. The molecule has 2 aromatic carbocycles. The lowest BCUT2D eigenvalue weighted by atomic mass is 10.1. The van der Waals surface area contributed by atoms with Crippen LogP contribution in [0.1, 0.15) is 22.1 Å². The number of aryl methyl sites for hydroxylation is 1. The summed E-state index contributed by atoms with van der Waals surface area (Å²) in [5.74, 6) is 0.400. The van der Waals surface area contributed by atoms with Crippen molar-refractivity contribution >= 4 is 29.3 Å². The van der Waals surface area contributed by atoms with E-state index in [2.05, 4.69) is 5.32 Å². The number of ether oxygens (including phenoxy) is 1. The summed E-state index contributed by atoms with van der Waals surface area (Å²) in [7, 11) is 0. The monoisotopic (exact) mass is 363 g/mol. The highest BCUT2D eigenvalue weighted by atomic mass is 35.5. The van der Waals surface area contributed by atoms with Gasteiger partial charge in [0.2, 0.25) is 0 Å². The summed E-state index contributed by atoms with van der Waals surface area (Å²) in [6.45, 7) is 2.51. The number of carboxylic acid groups (broad SMARTS) is 1. The van der Waals surface area contributed by atoms with Crippen LogP contribution in [0, 0.1) is 6.92 Å². The van der Waals surface area contributed by atoms with Crippen molar-refractivity contribution in [3.8, 4) is 5.75 Å². The van der Waals surface area contributed by atoms with Crippen LogP contribution in [0.4, 0.5) is 0 Å². The summed E-state index contributed by atoms with van der Waals surface area (Å²) in [5, 5.41) is 12.7. The molecule has 1 aliphatic heterocycles. The van der Waals surface area contributed by atoms with Crippen molar-refractivity contribution in [2.45, 2.75) is 24.9 Å². The smallest absolute Gasteiger partial charge is 0.321 e. The maximum absolute atomic E-state index is 11.1. The van der Waals surface area contributed by atoms with Crippen molar-refractivity contribution in [3.05, 3.63) is 64.2 Å². The second kappa shape index (κ2) is 7.47. The van der Waals surface area contributed by atoms with E-state index in [4.69, 9.17) is 21.4 Å². The van der Waals surface area contributed by atoms with E-state index in [9.17, 15) is 4.79 Å². The van der Waals surface area contributed by atoms with Crippen molar-refractivity contribution in [2.75, 3.05) is 5.75 Å². The summed E-state index contributed by atoms with van der Waals surface area (Å²) in [5.41, 5.74) is 3.17. The Morgan fingerprint density at radius 3 is 2.88 bits per heavy atom. The topological polar surface area (TPSA) is 58.6 Å². The Bertz CT molecular complexity index is 753. The van der Waals surface area contributed by atoms with Gasteiger partial charge in [0.05, 0.1) is 5.37 Å². The molecule has 3 rings (SSSR count). The first-order valence-electron chi connectivity index (χ1n) is 7.62. The molecule has 0 bridgehead atoms. The van der Waals surface area contributed by atoms with Gasteiger partial charge in [-0.25, -0.2) is 0 Å². The molecule has 4 nitrogen and oxygen atoms in total. The molecule has 2 unspecified atom stereocenters. The van der Waals surface area contributed by atoms with Crippen LogP contribution >= 0.6 is 23.4 Å². The standard InChI is InChI=1S/C18H18ClNO3S/c1-11-4-2-3-5-12(11)9-23-16-7-6-13(19)8-14(16)17-20-15(10-24-17)18(21)22/h2-8,15,17,20H,9-10H2,1H3,(H,21,22). The maximum Gasteiger partial charge on any atom is 0.321 e. The molecular formula is C18H18ClNO3S. The van der Waals surface area contributed by atoms with E-state index in [0.717, 1.165) is 16.9 Å². The number of nitrogens with one attached hydrogen (secondary N) is 1. The number of hydrogen-bond acceptors (Lipinski definition) is 4. The van der Waals surface area contributed by atoms with Gasteiger partial charge in [-0.2, -0.15) is 0 Å². The van der Waals surface area contributed by atoms with E-state index in [-0.39, 0.29) is 5.37 Å². The molecule has 0 amide bonds. The van der Waals surface area contributed by atoms with Crippen molar-refractivity contribution in [1.29, 1.82) is 0 Å². The number of hydrogen-bond donors (Lipinski definition) is 2. The highest BCUT2D eigenvalue weighted by Gasteiger charge is 2.32. The van der Waals surface area contributed by atoms with Crippen molar-refractivity contribution < 1.29 is 14.6 Å². The van der Waals surface area contributed by atoms with E-state index in [1.165, 1.54) is 5.56 Å². The number of thioether (sulfide) groups is 1. The molecule has 2 atom stereocenters. The zero-order valence-electron chi connectivity index (χ0n) is 13.2. The maximum atomic E-state index is 11.1. The third-order valence-corrected chi connectivity index (χ3v) is 5.46. The first kappa shape index (κ1) is 17.1. The summed E-state index contributed by atoms with van der Waals surface area (Å²) in [6, 6.07) is 13.0. The Morgan fingerprint density at radius 1 is 1.38 bits per heavy atom. The molecule has 0 aromatic heterocycles. The molecule has 0 spiro atoms. The second-order valence-electron chi connectivity index (χ2n) is 5.67. The van der Waals surface area contributed by atoms with E-state index in [1.54, 1.807) is 17.8 Å². The zero-order chi connectivity index (χ0) is 17.1. The van der Waals surface area contributed by atoms with Crippen LogP contribution in [0.2, 0.25) is 5.02 Å². The first-order chi connectivity index (χ1) is 11.5. The summed E-state index contributed by atoms with van der Waals surface area (Å²) >= 11 is 7.68. The Kier molecular flexibility index (Phi) is 5.33. The minimum absolute atomic E-state index is 0.142. The molecule has 0 saturated carbocycles. The summed E-state index contributed by atoms with van der Waals surface area (Å²) in [4.78, 5) is 11.1. The number of carbonyl (C=O) groups is 1. The van der Waals surface area contributed by atoms with E-state index in [0.29, 0.717) is 17.4 Å².